The summed E-state index contributed by atoms with van der Waals surface area (Å²) < 4.78 is 6.06. The first-order valence-corrected chi connectivity index (χ1v) is 8.53. The first kappa shape index (κ1) is 16.4. The molecule has 1 aromatic heterocycles. The lowest BCUT2D eigenvalue weighted by molar-refractivity contribution is -0.150. The number of rotatable bonds is 6. The minimum atomic E-state index is -0.496. The molecule has 24 heavy (non-hydrogen) atoms. The highest BCUT2D eigenvalue weighted by Gasteiger charge is 2.26. The number of hydrogen-bond donors (Lipinski definition) is 1. The van der Waals surface area contributed by atoms with Crippen molar-refractivity contribution in [1.29, 1.82) is 0 Å². The molecule has 3 amide bonds. The van der Waals surface area contributed by atoms with Crippen molar-refractivity contribution in [2.45, 2.75) is 19.3 Å². The van der Waals surface area contributed by atoms with Gasteiger partial charge in [0.15, 0.2) is 6.61 Å². The van der Waals surface area contributed by atoms with Gasteiger partial charge in [-0.1, -0.05) is 12.1 Å². The van der Waals surface area contributed by atoms with Crippen LogP contribution in [0.3, 0.4) is 0 Å². The van der Waals surface area contributed by atoms with Gasteiger partial charge >= 0.3 is 12.0 Å². The monoisotopic (exact) mass is 347 g/mol. The van der Waals surface area contributed by atoms with Crippen molar-refractivity contribution >= 4 is 39.5 Å². The Kier molecular flexibility index (Phi) is 5.05. The number of nitrogens with zero attached hydrogens (tertiary/aromatic N) is 2. The Morgan fingerprint density at radius 2 is 2.17 bits per heavy atom. The first-order valence-electron chi connectivity index (χ1n) is 7.72. The number of fused-ring (bicyclic) bond motifs is 1. The van der Waals surface area contributed by atoms with E-state index in [1.54, 1.807) is 11.3 Å². The average Bonchev–Trinajstić information content (AvgIpc) is 3.18. The van der Waals surface area contributed by atoms with E-state index in [2.05, 4.69) is 10.3 Å². The Hall–Kier alpha value is -2.48. The molecule has 0 atom stereocenters. The van der Waals surface area contributed by atoms with E-state index in [1.807, 2.05) is 24.3 Å². The summed E-state index contributed by atoms with van der Waals surface area (Å²) in [7, 11) is 0. The van der Waals surface area contributed by atoms with Crippen LogP contribution in [0.4, 0.5) is 4.79 Å². The zero-order valence-electron chi connectivity index (χ0n) is 13.0. The predicted octanol–water partition coefficient (Wildman–Crippen LogP) is 1.71. The number of urea groups is 1. The summed E-state index contributed by atoms with van der Waals surface area (Å²) in [4.78, 5) is 40.3. The van der Waals surface area contributed by atoms with Crippen molar-refractivity contribution in [2.24, 2.45) is 0 Å². The van der Waals surface area contributed by atoms with Gasteiger partial charge in [-0.25, -0.2) is 9.78 Å². The Labute approximate surface area is 142 Å². The Balaban J connectivity index is 1.39. The third kappa shape index (κ3) is 3.88. The maximum absolute atomic E-state index is 11.7. The third-order valence-electron chi connectivity index (χ3n) is 3.62. The lowest BCUT2D eigenvalue weighted by atomic mass is 10.2. The van der Waals surface area contributed by atoms with Gasteiger partial charge in [0, 0.05) is 19.5 Å². The summed E-state index contributed by atoms with van der Waals surface area (Å²) >= 11 is 1.62. The first-order chi connectivity index (χ1) is 11.6. The normalized spacial score (nSPS) is 14.0. The van der Waals surface area contributed by atoms with Gasteiger partial charge in [-0.15, -0.1) is 11.3 Å². The summed E-state index contributed by atoms with van der Waals surface area (Å²) in [5.74, 6) is -0.936. The van der Waals surface area contributed by atoms with E-state index >= 15 is 0 Å². The molecule has 1 fully saturated rings. The molecule has 2 aromatic rings. The van der Waals surface area contributed by atoms with Gasteiger partial charge in [0.05, 0.1) is 15.2 Å². The van der Waals surface area contributed by atoms with E-state index in [4.69, 9.17) is 4.74 Å². The number of thiazole rings is 1. The Bertz CT molecular complexity index is 741. The zero-order valence-corrected chi connectivity index (χ0v) is 13.8. The number of carbonyl (C=O) groups excluding carboxylic acids is 3. The fourth-order valence-electron chi connectivity index (χ4n) is 2.41. The molecule has 0 aliphatic carbocycles. The number of nitrogens with one attached hydrogen (secondary N) is 1. The summed E-state index contributed by atoms with van der Waals surface area (Å²) in [6, 6.07) is 7.46. The molecule has 7 nitrogen and oxygen atoms in total. The van der Waals surface area contributed by atoms with Crippen LogP contribution in [0.25, 0.3) is 10.2 Å². The largest absolute Gasteiger partial charge is 0.456 e. The molecule has 1 saturated heterocycles. The van der Waals surface area contributed by atoms with Crippen LogP contribution in [0, 0.1) is 0 Å². The van der Waals surface area contributed by atoms with E-state index in [1.165, 1.54) is 0 Å². The zero-order chi connectivity index (χ0) is 16.9. The van der Waals surface area contributed by atoms with Crippen LogP contribution in [0.1, 0.15) is 17.8 Å². The van der Waals surface area contributed by atoms with Crippen molar-refractivity contribution in [1.82, 2.24) is 15.2 Å². The predicted molar refractivity (Wildman–Crippen MR) is 88.6 cm³/mol. The van der Waals surface area contributed by atoms with Gasteiger partial charge in [0.2, 0.25) is 0 Å². The molecule has 2 heterocycles. The van der Waals surface area contributed by atoms with Crippen LogP contribution in [0.2, 0.25) is 0 Å². The van der Waals surface area contributed by atoms with Crippen molar-refractivity contribution in [2.75, 3.05) is 19.7 Å². The van der Waals surface area contributed by atoms with Crippen LogP contribution in [-0.2, 0) is 20.7 Å². The van der Waals surface area contributed by atoms with Crippen molar-refractivity contribution in [3.05, 3.63) is 29.3 Å². The molecule has 1 N–H and O–H groups in total. The fourth-order valence-corrected chi connectivity index (χ4v) is 3.42. The van der Waals surface area contributed by atoms with Gasteiger partial charge in [-0.05, 0) is 25.0 Å². The highest BCUT2D eigenvalue weighted by atomic mass is 32.1. The SMILES string of the molecule is O=C(CCCc1nc2ccccc2s1)OCC(=O)N1CCNC1=O. The maximum Gasteiger partial charge on any atom is 0.324 e. The molecular weight excluding hydrogens is 330 g/mol. The van der Waals surface area contributed by atoms with E-state index < -0.39 is 24.5 Å². The van der Waals surface area contributed by atoms with Gasteiger partial charge < -0.3 is 10.1 Å². The number of carbonyl (C=O) groups is 3. The minimum absolute atomic E-state index is 0.218. The molecule has 126 valence electrons. The summed E-state index contributed by atoms with van der Waals surface area (Å²) in [5.41, 5.74) is 0.967. The van der Waals surface area contributed by atoms with Crippen LogP contribution in [-0.4, -0.2) is 47.5 Å². The van der Waals surface area contributed by atoms with E-state index in [-0.39, 0.29) is 6.42 Å². The number of amides is 3. The van der Waals surface area contributed by atoms with Crippen LogP contribution in [0.15, 0.2) is 24.3 Å². The van der Waals surface area contributed by atoms with Crippen LogP contribution >= 0.6 is 11.3 Å². The molecule has 0 radical (unpaired) electrons. The molecule has 0 spiro atoms. The summed E-state index contributed by atoms with van der Waals surface area (Å²) in [5, 5.41) is 3.50. The van der Waals surface area contributed by atoms with Gasteiger partial charge in [-0.3, -0.25) is 14.5 Å². The lowest BCUT2D eigenvalue weighted by Crippen LogP contribution is -2.37. The molecular formula is C16H17N3O4S. The second kappa shape index (κ2) is 7.39. The molecule has 1 aromatic carbocycles. The number of hydrogen-bond acceptors (Lipinski definition) is 6. The molecule has 1 aliphatic heterocycles. The van der Waals surface area contributed by atoms with Gasteiger partial charge in [0.1, 0.15) is 0 Å². The summed E-state index contributed by atoms with van der Waals surface area (Å²) in [6.07, 6.45) is 1.52. The van der Waals surface area contributed by atoms with E-state index in [0.717, 1.165) is 20.1 Å². The molecule has 0 bridgehead atoms. The highest BCUT2D eigenvalue weighted by Crippen LogP contribution is 2.22. The van der Waals surface area contributed by atoms with Crippen molar-refractivity contribution in [3.63, 3.8) is 0 Å². The standard InChI is InChI=1S/C16H17N3O4S/c20-14(19-9-8-17-16(19)22)10-23-15(21)7-3-6-13-18-11-4-1-2-5-12(11)24-13/h1-2,4-5H,3,6-10H2,(H,17,22). The number of aromatic nitrogens is 1. The molecule has 3 rings (SSSR count). The number of aryl methyl sites for hydroxylation is 1. The van der Waals surface area contributed by atoms with E-state index in [0.29, 0.717) is 25.9 Å². The van der Waals surface area contributed by atoms with Crippen LogP contribution < -0.4 is 5.32 Å². The maximum atomic E-state index is 11.7. The average molecular weight is 347 g/mol. The fraction of sp³-hybridized carbons (Fsp3) is 0.375. The van der Waals surface area contributed by atoms with Crippen molar-refractivity contribution in [3.8, 4) is 0 Å². The van der Waals surface area contributed by atoms with Crippen molar-refractivity contribution < 1.29 is 19.1 Å². The van der Waals surface area contributed by atoms with Gasteiger partial charge in [-0.2, -0.15) is 0 Å². The third-order valence-corrected chi connectivity index (χ3v) is 4.72. The Morgan fingerprint density at radius 1 is 1.33 bits per heavy atom. The number of para-hydroxylation sites is 1. The number of benzene rings is 1. The van der Waals surface area contributed by atoms with Gasteiger partial charge in [0.25, 0.3) is 5.91 Å². The highest BCUT2D eigenvalue weighted by molar-refractivity contribution is 7.18. The lowest BCUT2D eigenvalue weighted by Gasteiger charge is -2.11. The molecule has 0 unspecified atom stereocenters. The van der Waals surface area contributed by atoms with E-state index in [9.17, 15) is 14.4 Å². The molecule has 0 saturated carbocycles. The molecule has 8 heteroatoms. The summed E-state index contributed by atoms with van der Waals surface area (Å²) in [6.45, 7) is 0.348. The topological polar surface area (TPSA) is 88.6 Å². The van der Waals surface area contributed by atoms with Crippen LogP contribution in [0.5, 0.6) is 0 Å². The number of ether oxygens (including phenoxy) is 1. The molecule has 1 aliphatic rings. The second-order valence-electron chi connectivity index (χ2n) is 5.37. The Morgan fingerprint density at radius 3 is 2.92 bits per heavy atom. The second-order valence-corrected chi connectivity index (χ2v) is 6.48. The quantitative estimate of drug-likeness (QED) is 0.804. The minimum Gasteiger partial charge on any atom is -0.456 e. The number of esters is 1. The smallest absolute Gasteiger partial charge is 0.324 e. The number of imide groups is 1.